The van der Waals surface area contributed by atoms with Crippen LogP contribution in [0, 0.1) is 35.0 Å². The number of benzene rings is 1. The Balaban J connectivity index is 2.12. The monoisotopic (exact) mass is 444 g/mol. The molecule has 1 aliphatic rings. The lowest BCUT2D eigenvalue weighted by atomic mass is 9.99. The molecular formula is C17H21F5N2O4S. The van der Waals surface area contributed by atoms with Gasteiger partial charge in [0.2, 0.25) is 15.8 Å². The van der Waals surface area contributed by atoms with Gasteiger partial charge >= 0.3 is 6.09 Å². The van der Waals surface area contributed by atoms with E-state index in [4.69, 9.17) is 4.74 Å². The van der Waals surface area contributed by atoms with E-state index in [2.05, 4.69) is 0 Å². The Morgan fingerprint density at radius 3 is 2.10 bits per heavy atom. The molecule has 0 spiro atoms. The second-order valence-corrected chi connectivity index (χ2v) is 9.39. The Kier molecular flexibility index (Phi) is 6.78. The highest BCUT2D eigenvalue weighted by atomic mass is 32.2. The lowest BCUT2D eigenvalue weighted by molar-refractivity contribution is 0.0169. The van der Waals surface area contributed by atoms with Crippen molar-refractivity contribution in [3.8, 4) is 0 Å². The van der Waals surface area contributed by atoms with Crippen molar-refractivity contribution in [3.63, 3.8) is 0 Å². The molecule has 12 heteroatoms. The highest BCUT2D eigenvalue weighted by Gasteiger charge is 2.34. The third-order valence-corrected chi connectivity index (χ3v) is 5.61. The van der Waals surface area contributed by atoms with Crippen molar-refractivity contribution in [1.29, 1.82) is 0 Å². The summed E-state index contributed by atoms with van der Waals surface area (Å²) in [5.41, 5.74) is -0.725. The van der Waals surface area contributed by atoms with E-state index >= 15 is 0 Å². The number of hydrogen-bond acceptors (Lipinski definition) is 4. The Labute approximate surface area is 165 Å². The zero-order valence-electron chi connectivity index (χ0n) is 16.0. The molecule has 0 radical (unpaired) electrons. The van der Waals surface area contributed by atoms with Crippen molar-refractivity contribution in [2.45, 2.75) is 44.1 Å². The zero-order chi connectivity index (χ0) is 22.1. The topological polar surface area (TPSA) is 75.7 Å². The van der Waals surface area contributed by atoms with Crippen molar-refractivity contribution in [2.24, 2.45) is 5.92 Å². The lowest BCUT2D eigenvalue weighted by Crippen LogP contribution is -2.45. The van der Waals surface area contributed by atoms with Crippen LogP contribution in [-0.2, 0) is 14.8 Å². The SMILES string of the molecule is CC(C)(C)OC(=O)N1CCC[C@H](CNS(=O)(=O)c2c(F)c(F)c(F)c(F)c2F)C1. The van der Waals surface area contributed by atoms with Gasteiger partial charge in [-0.05, 0) is 39.5 Å². The Hall–Kier alpha value is -1.95. The van der Waals surface area contributed by atoms with Crippen molar-refractivity contribution in [1.82, 2.24) is 9.62 Å². The molecule has 164 valence electrons. The number of sulfonamides is 1. The number of rotatable bonds is 4. The largest absolute Gasteiger partial charge is 0.444 e. The molecule has 0 unspecified atom stereocenters. The van der Waals surface area contributed by atoms with E-state index in [0.29, 0.717) is 19.4 Å². The van der Waals surface area contributed by atoms with Crippen molar-refractivity contribution in [3.05, 3.63) is 29.1 Å². The third-order valence-electron chi connectivity index (χ3n) is 4.17. The highest BCUT2D eigenvalue weighted by Crippen LogP contribution is 2.27. The smallest absolute Gasteiger partial charge is 0.410 e. The highest BCUT2D eigenvalue weighted by molar-refractivity contribution is 7.89. The van der Waals surface area contributed by atoms with Gasteiger partial charge in [-0.2, -0.15) is 0 Å². The van der Waals surface area contributed by atoms with Gasteiger partial charge in [-0.15, -0.1) is 0 Å². The number of ether oxygens (including phenoxy) is 1. The third kappa shape index (κ3) is 5.35. The Morgan fingerprint density at radius 2 is 1.59 bits per heavy atom. The average Bonchev–Trinajstić information content (AvgIpc) is 2.62. The predicted molar refractivity (Wildman–Crippen MR) is 92.0 cm³/mol. The first-order valence-electron chi connectivity index (χ1n) is 8.73. The summed E-state index contributed by atoms with van der Waals surface area (Å²) in [4.78, 5) is 11.6. The van der Waals surface area contributed by atoms with Crippen molar-refractivity contribution >= 4 is 16.1 Å². The van der Waals surface area contributed by atoms with Crippen LogP contribution < -0.4 is 4.72 Å². The van der Waals surface area contributed by atoms with Crippen LogP contribution in [0.2, 0.25) is 0 Å². The molecule has 1 amide bonds. The molecule has 0 bridgehead atoms. The van der Waals surface area contributed by atoms with Gasteiger partial charge in [0.25, 0.3) is 0 Å². The van der Waals surface area contributed by atoms with E-state index in [1.54, 1.807) is 20.8 Å². The number of nitrogens with zero attached hydrogens (tertiary/aromatic N) is 1. The summed E-state index contributed by atoms with van der Waals surface area (Å²) in [6.45, 7) is 5.19. The minimum atomic E-state index is -5.03. The fraction of sp³-hybridized carbons (Fsp3) is 0.588. The summed E-state index contributed by atoms with van der Waals surface area (Å²) >= 11 is 0. The fourth-order valence-corrected chi connectivity index (χ4v) is 4.09. The molecule has 1 fully saturated rings. The van der Waals surface area contributed by atoms with E-state index in [1.165, 1.54) is 4.90 Å². The molecule has 1 heterocycles. The number of likely N-dealkylation sites (tertiary alicyclic amines) is 1. The average molecular weight is 444 g/mol. The number of piperidine rings is 1. The second-order valence-electron chi connectivity index (χ2n) is 7.69. The summed E-state index contributed by atoms with van der Waals surface area (Å²) < 4.78 is 98.7. The summed E-state index contributed by atoms with van der Waals surface area (Å²) in [5, 5.41) is 0. The van der Waals surface area contributed by atoms with Crippen LogP contribution in [0.1, 0.15) is 33.6 Å². The standard InChI is InChI=1S/C17H21F5N2O4S/c1-17(2,3)28-16(25)24-6-4-5-9(8-24)7-23-29(26,27)15-13(21)11(19)10(18)12(20)14(15)22/h9,23H,4-8H2,1-3H3/t9-/m1/s1. The first-order valence-corrected chi connectivity index (χ1v) is 10.2. The van der Waals surface area contributed by atoms with Gasteiger partial charge in [0.05, 0.1) is 0 Å². The van der Waals surface area contributed by atoms with Gasteiger partial charge in [-0.1, -0.05) is 0 Å². The van der Waals surface area contributed by atoms with Gasteiger partial charge < -0.3 is 9.64 Å². The molecule has 2 rings (SSSR count). The molecule has 0 saturated carbocycles. The van der Waals surface area contributed by atoms with Gasteiger partial charge in [-0.3, -0.25) is 0 Å². The molecule has 1 aliphatic heterocycles. The van der Waals surface area contributed by atoms with Crippen molar-refractivity contribution < 1.29 is 39.9 Å². The van der Waals surface area contributed by atoms with Gasteiger partial charge in [-0.25, -0.2) is 39.9 Å². The van der Waals surface area contributed by atoms with Crippen LogP contribution >= 0.6 is 0 Å². The van der Waals surface area contributed by atoms with Gasteiger partial charge in [0.15, 0.2) is 28.2 Å². The van der Waals surface area contributed by atoms with E-state index in [9.17, 15) is 35.2 Å². The molecule has 1 atom stereocenters. The molecule has 1 aromatic carbocycles. The first kappa shape index (κ1) is 23.3. The Bertz CT molecular complexity index is 873. The number of halogens is 5. The van der Waals surface area contributed by atoms with E-state index in [1.807, 2.05) is 4.72 Å². The maximum atomic E-state index is 13.8. The molecule has 1 saturated heterocycles. The summed E-state index contributed by atoms with van der Waals surface area (Å²) in [6, 6.07) is 0. The normalized spacial score (nSPS) is 18.1. The summed E-state index contributed by atoms with van der Waals surface area (Å²) in [5.74, 6) is -12.5. The molecule has 6 nitrogen and oxygen atoms in total. The van der Waals surface area contributed by atoms with Crippen LogP contribution in [0.25, 0.3) is 0 Å². The predicted octanol–water partition coefficient (Wildman–Crippen LogP) is 3.31. The minimum Gasteiger partial charge on any atom is -0.444 e. The maximum Gasteiger partial charge on any atom is 0.410 e. The lowest BCUT2D eigenvalue weighted by Gasteiger charge is -2.34. The number of hydrogen-bond donors (Lipinski definition) is 1. The quantitative estimate of drug-likeness (QED) is 0.439. The van der Waals surface area contributed by atoms with Crippen LogP contribution in [0.4, 0.5) is 26.7 Å². The summed E-state index contributed by atoms with van der Waals surface area (Å²) in [7, 11) is -5.03. The number of amides is 1. The maximum absolute atomic E-state index is 13.8. The second kappa shape index (κ2) is 8.42. The minimum absolute atomic E-state index is 0.106. The fourth-order valence-electron chi connectivity index (χ4n) is 2.84. The molecule has 1 aromatic rings. The van der Waals surface area contributed by atoms with Crippen LogP contribution in [0.3, 0.4) is 0 Å². The molecule has 1 N–H and O–H groups in total. The Morgan fingerprint density at radius 1 is 1.07 bits per heavy atom. The summed E-state index contributed by atoms with van der Waals surface area (Å²) in [6.07, 6.45) is 0.414. The first-order chi connectivity index (χ1) is 13.2. The van der Waals surface area contributed by atoms with E-state index in [-0.39, 0.29) is 13.1 Å². The molecule has 29 heavy (non-hydrogen) atoms. The number of nitrogens with one attached hydrogen (secondary N) is 1. The van der Waals surface area contributed by atoms with Crippen LogP contribution in [0.15, 0.2) is 4.90 Å². The molecule has 0 aliphatic carbocycles. The number of carbonyl (C=O) groups is 1. The van der Waals surface area contributed by atoms with E-state index < -0.39 is 61.6 Å². The van der Waals surface area contributed by atoms with Gasteiger partial charge in [0, 0.05) is 19.6 Å². The molecule has 0 aromatic heterocycles. The van der Waals surface area contributed by atoms with E-state index in [0.717, 1.165) is 0 Å². The molecular weight excluding hydrogens is 423 g/mol. The number of carbonyl (C=O) groups excluding carboxylic acids is 1. The van der Waals surface area contributed by atoms with Gasteiger partial charge in [0.1, 0.15) is 5.60 Å². The van der Waals surface area contributed by atoms with Crippen LogP contribution in [-0.4, -0.2) is 44.6 Å². The van der Waals surface area contributed by atoms with Crippen molar-refractivity contribution in [2.75, 3.05) is 19.6 Å². The zero-order valence-corrected chi connectivity index (χ0v) is 16.8. The van der Waals surface area contributed by atoms with Crippen LogP contribution in [0.5, 0.6) is 0 Å².